The van der Waals surface area contributed by atoms with Crippen molar-refractivity contribution in [1.82, 2.24) is 4.98 Å². The Labute approximate surface area is 221 Å². The Hall–Kier alpha value is -4.02. The number of esters is 1. The van der Waals surface area contributed by atoms with Gasteiger partial charge in [0.05, 0.1) is 30.9 Å². The summed E-state index contributed by atoms with van der Waals surface area (Å²) in [7, 11) is 0. The van der Waals surface area contributed by atoms with Gasteiger partial charge in [0.25, 0.3) is 0 Å². The summed E-state index contributed by atoms with van der Waals surface area (Å²) in [5.41, 5.74) is 3.65. The van der Waals surface area contributed by atoms with Gasteiger partial charge >= 0.3 is 5.97 Å². The first kappa shape index (κ1) is 25.6. The van der Waals surface area contributed by atoms with Crippen LogP contribution in [0.2, 0.25) is 0 Å². The molecule has 0 saturated heterocycles. The first-order valence-electron chi connectivity index (χ1n) is 12.7. The molecule has 0 N–H and O–H groups in total. The normalized spacial score (nSPS) is 13.7. The van der Waals surface area contributed by atoms with Gasteiger partial charge in [0.1, 0.15) is 11.6 Å². The van der Waals surface area contributed by atoms with Gasteiger partial charge in [-0.3, -0.25) is 4.98 Å². The zero-order valence-electron chi connectivity index (χ0n) is 22.1. The van der Waals surface area contributed by atoms with E-state index in [1.165, 1.54) is 6.07 Å². The first-order valence-corrected chi connectivity index (χ1v) is 12.7. The smallest absolute Gasteiger partial charge is 0.339 e. The standard InChI is InChI=1S/C31H29FN2O4/c1-7-36-30(35)29(38-31(3,4)5)24-17(2)16-21-19(8-10-22(33-6)27(21)32)26(24)20-9-11-23-25-18(13-15-37-23)12-14-34-28(20)25/h8-12,14,16,29H,7,13,15H2,1-5H3/t29-/m0/s1. The van der Waals surface area contributed by atoms with Gasteiger partial charge < -0.3 is 14.2 Å². The number of hydrogen-bond donors (Lipinski definition) is 0. The van der Waals surface area contributed by atoms with Crippen LogP contribution in [0.5, 0.6) is 5.75 Å². The van der Waals surface area contributed by atoms with Crippen LogP contribution < -0.4 is 4.74 Å². The van der Waals surface area contributed by atoms with Gasteiger partial charge in [-0.15, -0.1) is 0 Å². The molecule has 7 heteroatoms. The Kier molecular flexibility index (Phi) is 6.54. The van der Waals surface area contributed by atoms with E-state index in [4.69, 9.17) is 25.8 Å². The number of rotatable bonds is 5. The second-order valence-corrected chi connectivity index (χ2v) is 10.4. The fraction of sp³-hybridized carbons (Fsp3) is 0.323. The van der Waals surface area contributed by atoms with Gasteiger partial charge in [-0.1, -0.05) is 12.1 Å². The molecule has 1 atom stereocenters. The number of carbonyl (C=O) groups excluding carboxylic acids is 1. The van der Waals surface area contributed by atoms with Gasteiger partial charge in [-0.2, -0.15) is 0 Å². The Morgan fingerprint density at radius 1 is 1.21 bits per heavy atom. The topological polar surface area (TPSA) is 62.0 Å². The molecule has 0 unspecified atom stereocenters. The summed E-state index contributed by atoms with van der Waals surface area (Å²) in [5.74, 6) is -0.383. The number of benzene rings is 3. The van der Waals surface area contributed by atoms with Crippen molar-refractivity contribution in [3.63, 3.8) is 0 Å². The average molecular weight is 513 g/mol. The highest BCUT2D eigenvalue weighted by atomic mass is 19.1. The van der Waals surface area contributed by atoms with E-state index in [0.717, 1.165) is 28.7 Å². The molecule has 3 aromatic carbocycles. The van der Waals surface area contributed by atoms with Crippen molar-refractivity contribution in [3.05, 3.63) is 76.5 Å². The number of nitrogens with zero attached hydrogens (tertiary/aromatic N) is 2. The van der Waals surface area contributed by atoms with Gasteiger partial charge in [0, 0.05) is 34.5 Å². The van der Waals surface area contributed by atoms with Crippen molar-refractivity contribution in [2.45, 2.75) is 52.7 Å². The molecule has 2 heterocycles. The predicted octanol–water partition coefficient (Wildman–Crippen LogP) is 7.41. The zero-order chi connectivity index (χ0) is 27.2. The highest BCUT2D eigenvalue weighted by Gasteiger charge is 2.34. The van der Waals surface area contributed by atoms with Crippen molar-refractivity contribution >= 4 is 33.3 Å². The third-order valence-electron chi connectivity index (χ3n) is 6.68. The van der Waals surface area contributed by atoms with E-state index in [1.807, 2.05) is 45.9 Å². The van der Waals surface area contributed by atoms with E-state index in [-0.39, 0.29) is 12.3 Å². The fourth-order valence-corrected chi connectivity index (χ4v) is 5.19. The van der Waals surface area contributed by atoms with Crippen molar-refractivity contribution in [2.24, 2.45) is 0 Å². The second kappa shape index (κ2) is 9.70. The van der Waals surface area contributed by atoms with Crippen LogP contribution in [0.15, 0.2) is 42.6 Å². The minimum absolute atomic E-state index is 0.0631. The quantitative estimate of drug-likeness (QED) is 0.206. The summed E-state index contributed by atoms with van der Waals surface area (Å²) in [6.07, 6.45) is 1.44. The molecule has 6 nitrogen and oxygen atoms in total. The molecule has 1 aromatic heterocycles. The molecule has 1 aliphatic rings. The molecule has 0 radical (unpaired) electrons. The predicted molar refractivity (Wildman–Crippen MR) is 145 cm³/mol. The van der Waals surface area contributed by atoms with E-state index in [2.05, 4.69) is 4.85 Å². The average Bonchev–Trinajstić information content (AvgIpc) is 2.88. The highest BCUT2D eigenvalue weighted by molar-refractivity contribution is 6.09. The summed E-state index contributed by atoms with van der Waals surface area (Å²) < 4.78 is 33.3. The van der Waals surface area contributed by atoms with Crippen LogP contribution in [0.25, 0.3) is 37.6 Å². The Balaban J connectivity index is 1.93. The molecule has 38 heavy (non-hydrogen) atoms. The van der Waals surface area contributed by atoms with Crippen LogP contribution in [0, 0.1) is 19.3 Å². The molecular weight excluding hydrogens is 483 g/mol. The van der Waals surface area contributed by atoms with E-state index in [1.54, 1.807) is 25.3 Å². The molecule has 0 fully saturated rings. The second-order valence-electron chi connectivity index (χ2n) is 10.4. The van der Waals surface area contributed by atoms with Crippen LogP contribution in [0.4, 0.5) is 10.1 Å². The number of fused-ring (bicyclic) bond motifs is 1. The number of hydrogen-bond acceptors (Lipinski definition) is 5. The molecule has 0 saturated carbocycles. The number of halogens is 1. The van der Waals surface area contributed by atoms with Crippen LogP contribution >= 0.6 is 0 Å². The maximum Gasteiger partial charge on any atom is 0.339 e. The number of carbonyl (C=O) groups is 1. The molecule has 5 rings (SSSR count). The van der Waals surface area contributed by atoms with Crippen LogP contribution in [0.3, 0.4) is 0 Å². The van der Waals surface area contributed by atoms with Crippen LogP contribution in [-0.4, -0.2) is 29.8 Å². The van der Waals surface area contributed by atoms with Gasteiger partial charge in [0.2, 0.25) is 5.69 Å². The maximum absolute atomic E-state index is 15.6. The lowest BCUT2D eigenvalue weighted by Gasteiger charge is -2.30. The molecule has 4 aromatic rings. The molecule has 1 aliphatic heterocycles. The lowest BCUT2D eigenvalue weighted by atomic mass is 9.85. The van der Waals surface area contributed by atoms with E-state index < -0.39 is 23.5 Å². The third-order valence-corrected chi connectivity index (χ3v) is 6.68. The maximum atomic E-state index is 15.6. The summed E-state index contributed by atoms with van der Waals surface area (Å²) in [5, 5.41) is 1.76. The minimum Gasteiger partial charge on any atom is -0.493 e. The lowest BCUT2D eigenvalue weighted by Crippen LogP contribution is -2.29. The molecule has 0 bridgehead atoms. The fourth-order valence-electron chi connectivity index (χ4n) is 5.19. The van der Waals surface area contributed by atoms with Crippen molar-refractivity contribution in [2.75, 3.05) is 13.2 Å². The SMILES string of the molecule is [C-]#[N+]c1ccc2c(-c3ccc4c5c(ccnc35)CCO4)c([C@H](OC(C)(C)C)C(=O)OCC)c(C)cc2c1F. The van der Waals surface area contributed by atoms with Crippen LogP contribution in [-0.2, 0) is 20.7 Å². The summed E-state index contributed by atoms with van der Waals surface area (Å²) in [6, 6.07) is 10.7. The number of ether oxygens (including phenoxy) is 3. The van der Waals surface area contributed by atoms with E-state index in [0.29, 0.717) is 39.6 Å². The Bertz CT molecular complexity index is 1620. The summed E-state index contributed by atoms with van der Waals surface area (Å²) >= 11 is 0. The molecule has 0 aliphatic carbocycles. The van der Waals surface area contributed by atoms with Gasteiger partial charge in [0.15, 0.2) is 6.10 Å². The highest BCUT2D eigenvalue weighted by Crippen LogP contribution is 2.46. The summed E-state index contributed by atoms with van der Waals surface area (Å²) in [4.78, 5) is 21.5. The molecular formula is C31H29FN2O4. The lowest BCUT2D eigenvalue weighted by molar-refractivity contribution is -0.166. The van der Waals surface area contributed by atoms with E-state index >= 15 is 4.39 Å². The van der Waals surface area contributed by atoms with E-state index in [9.17, 15) is 4.79 Å². The Morgan fingerprint density at radius 3 is 2.71 bits per heavy atom. The van der Waals surface area contributed by atoms with Gasteiger partial charge in [-0.05, 0) is 81.0 Å². The van der Waals surface area contributed by atoms with Gasteiger partial charge in [-0.25, -0.2) is 14.0 Å². The number of aromatic nitrogens is 1. The number of pyridine rings is 1. The largest absolute Gasteiger partial charge is 0.493 e. The summed E-state index contributed by atoms with van der Waals surface area (Å²) in [6.45, 7) is 17.4. The van der Waals surface area contributed by atoms with Crippen molar-refractivity contribution < 1.29 is 23.4 Å². The molecule has 0 spiro atoms. The van der Waals surface area contributed by atoms with Crippen LogP contribution in [0.1, 0.15) is 50.5 Å². The third kappa shape index (κ3) is 4.35. The molecule has 194 valence electrons. The first-order chi connectivity index (χ1) is 18.1. The van der Waals surface area contributed by atoms with Crippen molar-refractivity contribution in [1.29, 1.82) is 0 Å². The monoisotopic (exact) mass is 512 g/mol. The van der Waals surface area contributed by atoms with Crippen molar-refractivity contribution in [3.8, 4) is 16.9 Å². The molecule has 0 amide bonds. The Morgan fingerprint density at radius 2 is 2.00 bits per heavy atom. The minimum atomic E-state index is -1.07. The zero-order valence-corrected chi connectivity index (χ0v) is 22.1. The number of aryl methyl sites for hydroxylation is 1.